The molecular weight excluding hydrogens is 584 g/mol. The Morgan fingerprint density at radius 2 is 1.41 bits per heavy atom. The van der Waals surface area contributed by atoms with Crippen molar-refractivity contribution in [1.82, 2.24) is 0 Å². The number of benzene rings is 4. The maximum atomic E-state index is 13.0. The molecular formula is C34H31ClN2O7. The van der Waals surface area contributed by atoms with E-state index in [0.717, 1.165) is 11.1 Å². The first-order valence-corrected chi connectivity index (χ1v) is 14.2. The lowest BCUT2D eigenvalue weighted by Gasteiger charge is -2.17. The number of amides is 1. The number of carbonyl (C=O) groups excluding carboxylic acids is 4. The number of ether oxygens (including phenoxy) is 3. The van der Waals surface area contributed by atoms with E-state index in [1.54, 1.807) is 54.6 Å². The number of carbonyl (C=O) groups is 4. The number of anilines is 3. The zero-order valence-corrected chi connectivity index (χ0v) is 24.9. The van der Waals surface area contributed by atoms with E-state index < -0.39 is 24.3 Å². The van der Waals surface area contributed by atoms with Gasteiger partial charge in [-0.15, -0.1) is 0 Å². The fraction of sp³-hybridized carbons (Fsp3) is 0.176. The Bertz CT molecular complexity index is 1640. The summed E-state index contributed by atoms with van der Waals surface area (Å²) >= 11 is 6.48. The highest BCUT2D eigenvalue weighted by Gasteiger charge is 2.18. The topological polar surface area (TPSA) is 120 Å². The van der Waals surface area contributed by atoms with Crippen LogP contribution in [0.2, 0.25) is 5.02 Å². The van der Waals surface area contributed by atoms with Crippen molar-refractivity contribution in [3.63, 3.8) is 0 Å². The van der Waals surface area contributed by atoms with Gasteiger partial charge in [0, 0.05) is 23.7 Å². The molecule has 0 fully saturated rings. The second kappa shape index (κ2) is 15.4. The first kappa shape index (κ1) is 31.8. The lowest BCUT2D eigenvalue weighted by atomic mass is 9.99. The van der Waals surface area contributed by atoms with Crippen LogP contribution in [-0.2, 0) is 30.4 Å². The van der Waals surface area contributed by atoms with Crippen molar-refractivity contribution in [2.45, 2.75) is 39.6 Å². The van der Waals surface area contributed by atoms with Crippen LogP contribution in [0.4, 0.5) is 21.9 Å². The van der Waals surface area contributed by atoms with Crippen LogP contribution in [0.5, 0.6) is 0 Å². The van der Waals surface area contributed by atoms with Gasteiger partial charge in [0.05, 0.1) is 29.2 Å². The molecule has 9 nitrogen and oxygen atoms in total. The van der Waals surface area contributed by atoms with Crippen LogP contribution < -0.4 is 10.6 Å². The van der Waals surface area contributed by atoms with Crippen molar-refractivity contribution in [1.29, 1.82) is 0 Å². The Morgan fingerprint density at radius 1 is 0.750 bits per heavy atom. The van der Waals surface area contributed by atoms with E-state index in [2.05, 4.69) is 10.6 Å². The molecule has 2 N–H and O–H groups in total. The van der Waals surface area contributed by atoms with Crippen LogP contribution >= 0.6 is 11.6 Å². The molecule has 1 atom stereocenters. The summed E-state index contributed by atoms with van der Waals surface area (Å²) < 4.78 is 15.4. The number of para-hydroxylation sites is 2. The van der Waals surface area contributed by atoms with Gasteiger partial charge in [0.25, 0.3) is 0 Å². The van der Waals surface area contributed by atoms with E-state index in [9.17, 15) is 19.2 Å². The van der Waals surface area contributed by atoms with Gasteiger partial charge in [-0.2, -0.15) is 0 Å². The summed E-state index contributed by atoms with van der Waals surface area (Å²) in [5, 5.41) is 6.06. The Hall–Kier alpha value is -5.15. The molecule has 4 aromatic rings. The van der Waals surface area contributed by atoms with E-state index in [-0.39, 0.29) is 30.3 Å². The minimum absolute atomic E-state index is 0.108. The SMILES string of the molecule is Cc1ccccc1C(=O)c1ccc(Nc2ccccc2NC(=O)OC(C)OC(=O)CCC(=O)OCc2ccccc2)cc1Cl. The maximum absolute atomic E-state index is 13.0. The average molecular weight is 615 g/mol. The van der Waals surface area contributed by atoms with Gasteiger partial charge in [-0.25, -0.2) is 4.79 Å². The summed E-state index contributed by atoms with van der Waals surface area (Å²) in [5.74, 6) is -1.44. The van der Waals surface area contributed by atoms with Gasteiger partial charge in [0.1, 0.15) is 6.61 Å². The molecule has 0 heterocycles. The summed E-state index contributed by atoms with van der Waals surface area (Å²) in [6.45, 7) is 3.36. The van der Waals surface area contributed by atoms with Crippen molar-refractivity contribution >= 4 is 52.5 Å². The van der Waals surface area contributed by atoms with Crippen molar-refractivity contribution in [3.05, 3.63) is 124 Å². The number of esters is 2. The van der Waals surface area contributed by atoms with E-state index in [4.69, 9.17) is 25.8 Å². The summed E-state index contributed by atoms with van der Waals surface area (Å²) in [6, 6.07) is 28.3. The number of hydrogen-bond acceptors (Lipinski definition) is 8. The predicted molar refractivity (Wildman–Crippen MR) is 167 cm³/mol. The molecule has 0 saturated heterocycles. The molecule has 0 saturated carbocycles. The zero-order chi connectivity index (χ0) is 31.5. The molecule has 226 valence electrons. The summed E-state index contributed by atoms with van der Waals surface area (Å²) in [5.41, 5.74) is 4.12. The zero-order valence-electron chi connectivity index (χ0n) is 24.2. The third kappa shape index (κ3) is 9.17. The molecule has 0 aliphatic rings. The largest absolute Gasteiger partial charge is 0.461 e. The first-order valence-electron chi connectivity index (χ1n) is 13.8. The standard InChI is InChI=1S/C34H31ClN2O7/c1-22-10-6-7-13-26(22)33(40)27-17-16-25(20-28(27)35)36-29-14-8-9-15-30(29)37-34(41)44-23(2)43-32(39)19-18-31(38)42-21-24-11-4-3-5-12-24/h3-17,20,23,36H,18-19,21H2,1-2H3,(H,37,41). The number of ketones is 1. The van der Waals surface area contributed by atoms with Crippen LogP contribution in [0, 0.1) is 6.92 Å². The lowest BCUT2D eigenvalue weighted by molar-refractivity contribution is -0.166. The minimum Gasteiger partial charge on any atom is -0.461 e. The predicted octanol–water partition coefficient (Wildman–Crippen LogP) is 7.58. The average Bonchev–Trinajstić information content (AvgIpc) is 3.00. The summed E-state index contributed by atoms with van der Waals surface area (Å²) in [7, 11) is 0. The van der Waals surface area contributed by atoms with E-state index in [1.807, 2.05) is 49.4 Å². The van der Waals surface area contributed by atoms with E-state index in [1.165, 1.54) is 6.92 Å². The highest BCUT2D eigenvalue weighted by molar-refractivity contribution is 6.35. The maximum Gasteiger partial charge on any atom is 0.414 e. The molecule has 0 radical (unpaired) electrons. The van der Waals surface area contributed by atoms with Gasteiger partial charge < -0.3 is 19.5 Å². The molecule has 1 unspecified atom stereocenters. The van der Waals surface area contributed by atoms with Gasteiger partial charge in [0.15, 0.2) is 5.78 Å². The number of nitrogens with one attached hydrogen (secondary N) is 2. The fourth-order valence-electron chi connectivity index (χ4n) is 4.18. The molecule has 4 aromatic carbocycles. The van der Waals surface area contributed by atoms with Crippen LogP contribution in [0.15, 0.2) is 97.1 Å². The lowest BCUT2D eigenvalue weighted by Crippen LogP contribution is -2.25. The smallest absolute Gasteiger partial charge is 0.414 e. The monoisotopic (exact) mass is 614 g/mol. The molecule has 4 rings (SSSR count). The molecule has 1 amide bonds. The fourth-order valence-corrected chi connectivity index (χ4v) is 4.45. The number of aryl methyl sites for hydroxylation is 1. The summed E-state index contributed by atoms with van der Waals surface area (Å²) in [4.78, 5) is 49.6. The normalized spacial score (nSPS) is 11.2. The van der Waals surface area contributed by atoms with Crippen molar-refractivity contribution in [2.24, 2.45) is 0 Å². The van der Waals surface area contributed by atoms with Crippen LogP contribution in [0.1, 0.15) is 46.8 Å². The molecule has 0 spiro atoms. The first-order chi connectivity index (χ1) is 21.2. The number of hydrogen-bond donors (Lipinski definition) is 2. The quantitative estimate of drug-likeness (QED) is 0.0951. The van der Waals surface area contributed by atoms with Gasteiger partial charge in [-0.1, -0.05) is 78.3 Å². The Balaban J connectivity index is 1.27. The summed E-state index contributed by atoms with van der Waals surface area (Å²) in [6.07, 6.45) is -2.47. The van der Waals surface area contributed by atoms with Gasteiger partial charge in [-0.05, 0) is 48.4 Å². The third-order valence-corrected chi connectivity index (χ3v) is 6.71. The van der Waals surface area contributed by atoms with Gasteiger partial charge >= 0.3 is 18.0 Å². The van der Waals surface area contributed by atoms with Crippen LogP contribution in [0.25, 0.3) is 0 Å². The highest BCUT2D eigenvalue weighted by atomic mass is 35.5. The van der Waals surface area contributed by atoms with Gasteiger partial charge in [-0.3, -0.25) is 19.7 Å². The Kier molecular flexibility index (Phi) is 11.1. The van der Waals surface area contributed by atoms with E-state index >= 15 is 0 Å². The number of halogens is 1. The minimum atomic E-state index is -1.21. The van der Waals surface area contributed by atoms with Crippen molar-refractivity contribution in [3.8, 4) is 0 Å². The molecule has 0 aliphatic heterocycles. The number of rotatable bonds is 12. The Labute approximate surface area is 260 Å². The van der Waals surface area contributed by atoms with Crippen LogP contribution in [0.3, 0.4) is 0 Å². The molecule has 44 heavy (non-hydrogen) atoms. The van der Waals surface area contributed by atoms with Crippen molar-refractivity contribution < 1.29 is 33.4 Å². The molecule has 0 aliphatic carbocycles. The second-order valence-electron chi connectivity index (χ2n) is 9.74. The Morgan fingerprint density at radius 3 is 2.14 bits per heavy atom. The third-order valence-electron chi connectivity index (χ3n) is 6.39. The van der Waals surface area contributed by atoms with Crippen molar-refractivity contribution in [2.75, 3.05) is 10.6 Å². The highest BCUT2D eigenvalue weighted by Crippen LogP contribution is 2.29. The molecule has 0 aromatic heterocycles. The molecule has 0 bridgehead atoms. The van der Waals surface area contributed by atoms with Gasteiger partial charge in [0.2, 0.25) is 6.29 Å². The molecule has 10 heteroatoms. The van der Waals surface area contributed by atoms with E-state index in [0.29, 0.717) is 28.2 Å². The van der Waals surface area contributed by atoms with Crippen LogP contribution in [-0.4, -0.2) is 30.1 Å². The second-order valence-corrected chi connectivity index (χ2v) is 10.2.